The Morgan fingerprint density at radius 3 is 2.72 bits per heavy atom. The van der Waals surface area contributed by atoms with E-state index in [1.54, 1.807) is 0 Å². The maximum absolute atomic E-state index is 6.12. The van der Waals surface area contributed by atoms with Gasteiger partial charge < -0.3 is 4.90 Å². The van der Waals surface area contributed by atoms with Crippen LogP contribution in [-0.4, -0.2) is 17.6 Å². The molecule has 0 bridgehead atoms. The normalized spacial score (nSPS) is 24.4. The minimum Gasteiger partial charge on any atom is -0.354 e. The summed E-state index contributed by atoms with van der Waals surface area (Å²) in [7, 11) is 0. The molecule has 2 unspecified atom stereocenters. The Labute approximate surface area is 115 Å². The lowest BCUT2D eigenvalue weighted by Gasteiger charge is -2.38. The maximum atomic E-state index is 6.12. The molecule has 2 heterocycles. The Morgan fingerprint density at radius 1 is 1.39 bits per heavy atom. The number of aromatic nitrogens is 1. The van der Waals surface area contributed by atoms with Gasteiger partial charge in [-0.1, -0.05) is 6.92 Å². The third-order valence-electron chi connectivity index (χ3n) is 4.00. The van der Waals surface area contributed by atoms with Crippen molar-refractivity contribution in [1.29, 1.82) is 0 Å². The van der Waals surface area contributed by atoms with E-state index >= 15 is 0 Å². The second-order valence-corrected chi connectivity index (χ2v) is 5.96. The van der Waals surface area contributed by atoms with Crippen LogP contribution in [-0.2, 0) is 5.88 Å². The summed E-state index contributed by atoms with van der Waals surface area (Å²) in [6, 6.07) is 2.68. The Morgan fingerprint density at radius 2 is 2.11 bits per heavy atom. The molecule has 2 nitrogen and oxygen atoms in total. The number of halogens is 1. The van der Waals surface area contributed by atoms with Gasteiger partial charge in [0, 0.05) is 23.8 Å². The van der Waals surface area contributed by atoms with Gasteiger partial charge in [-0.2, -0.15) is 0 Å². The Kier molecular flexibility index (Phi) is 4.16. The summed E-state index contributed by atoms with van der Waals surface area (Å²) >= 11 is 6.12. The zero-order chi connectivity index (χ0) is 13.3. The predicted molar refractivity (Wildman–Crippen MR) is 78.5 cm³/mol. The first kappa shape index (κ1) is 13.7. The third-order valence-corrected chi connectivity index (χ3v) is 4.26. The first-order valence-electron chi connectivity index (χ1n) is 6.82. The Balaban J connectivity index is 2.37. The van der Waals surface area contributed by atoms with Crippen LogP contribution in [0.25, 0.3) is 0 Å². The summed E-state index contributed by atoms with van der Waals surface area (Å²) in [6.45, 7) is 9.93. The molecule has 18 heavy (non-hydrogen) atoms. The molecule has 100 valence electrons. The van der Waals surface area contributed by atoms with Gasteiger partial charge in [0.05, 0.1) is 5.88 Å². The quantitative estimate of drug-likeness (QED) is 0.751. The molecule has 1 aliphatic rings. The van der Waals surface area contributed by atoms with Crippen molar-refractivity contribution in [2.45, 2.75) is 52.5 Å². The molecule has 1 aliphatic heterocycles. The van der Waals surface area contributed by atoms with Gasteiger partial charge in [-0.05, 0) is 51.2 Å². The van der Waals surface area contributed by atoms with Gasteiger partial charge in [0.2, 0.25) is 0 Å². The van der Waals surface area contributed by atoms with E-state index in [2.05, 4.69) is 38.7 Å². The number of hydrogen-bond acceptors (Lipinski definition) is 2. The van der Waals surface area contributed by atoms with Gasteiger partial charge in [0.25, 0.3) is 0 Å². The van der Waals surface area contributed by atoms with E-state index < -0.39 is 0 Å². The Hall–Kier alpha value is -0.760. The molecule has 3 heteroatoms. The van der Waals surface area contributed by atoms with Crippen LogP contribution in [0.15, 0.2) is 6.07 Å². The van der Waals surface area contributed by atoms with Crippen LogP contribution in [0.2, 0.25) is 0 Å². The average molecular weight is 267 g/mol. The summed E-state index contributed by atoms with van der Waals surface area (Å²) in [5, 5.41) is 0. The molecule has 0 aromatic carbocycles. The summed E-state index contributed by atoms with van der Waals surface area (Å²) in [5.74, 6) is 2.48. The lowest BCUT2D eigenvalue weighted by molar-refractivity contribution is 0.375. The molecule has 0 amide bonds. The lowest BCUT2D eigenvalue weighted by atomic mass is 9.93. The molecule has 1 aromatic heterocycles. The highest BCUT2D eigenvalue weighted by atomic mass is 35.5. The third kappa shape index (κ3) is 2.64. The molecule has 0 radical (unpaired) electrons. The SMILES string of the molecule is Cc1cc(C)c(CCl)c(N2CCC(C)CC2C)n1. The van der Waals surface area contributed by atoms with Crippen LogP contribution in [0.1, 0.15) is 43.5 Å². The molecular weight excluding hydrogens is 244 g/mol. The highest BCUT2D eigenvalue weighted by Crippen LogP contribution is 2.31. The number of nitrogens with zero attached hydrogens (tertiary/aromatic N) is 2. The van der Waals surface area contributed by atoms with E-state index in [1.165, 1.54) is 24.0 Å². The number of piperidine rings is 1. The summed E-state index contributed by atoms with van der Waals surface area (Å²) < 4.78 is 0. The highest BCUT2D eigenvalue weighted by Gasteiger charge is 2.26. The average Bonchev–Trinajstić information content (AvgIpc) is 2.28. The zero-order valence-corrected chi connectivity index (χ0v) is 12.6. The number of anilines is 1. The van der Waals surface area contributed by atoms with Crippen LogP contribution in [0.5, 0.6) is 0 Å². The largest absolute Gasteiger partial charge is 0.354 e. The number of rotatable bonds is 2. The summed E-state index contributed by atoms with van der Waals surface area (Å²) in [6.07, 6.45) is 2.50. The number of alkyl halides is 1. The molecule has 1 fully saturated rings. The number of hydrogen-bond donors (Lipinski definition) is 0. The monoisotopic (exact) mass is 266 g/mol. The fourth-order valence-electron chi connectivity index (χ4n) is 2.97. The molecule has 1 saturated heterocycles. The molecule has 0 spiro atoms. The van der Waals surface area contributed by atoms with Crippen LogP contribution >= 0.6 is 11.6 Å². The van der Waals surface area contributed by atoms with Crippen molar-refractivity contribution in [2.75, 3.05) is 11.4 Å². The van der Waals surface area contributed by atoms with Crippen LogP contribution in [0.3, 0.4) is 0 Å². The van der Waals surface area contributed by atoms with Gasteiger partial charge in [-0.25, -0.2) is 4.98 Å². The molecular formula is C15H23ClN2. The van der Waals surface area contributed by atoms with Crippen molar-refractivity contribution >= 4 is 17.4 Å². The van der Waals surface area contributed by atoms with Gasteiger partial charge in [-0.3, -0.25) is 0 Å². The van der Waals surface area contributed by atoms with Gasteiger partial charge >= 0.3 is 0 Å². The van der Waals surface area contributed by atoms with E-state index in [1.807, 2.05) is 0 Å². The van der Waals surface area contributed by atoms with E-state index in [0.29, 0.717) is 11.9 Å². The number of aryl methyl sites for hydroxylation is 2. The second kappa shape index (κ2) is 5.48. The van der Waals surface area contributed by atoms with Crippen molar-refractivity contribution < 1.29 is 0 Å². The molecule has 0 N–H and O–H groups in total. The molecule has 0 saturated carbocycles. The first-order valence-corrected chi connectivity index (χ1v) is 7.36. The smallest absolute Gasteiger partial charge is 0.133 e. The molecule has 0 aliphatic carbocycles. The second-order valence-electron chi connectivity index (χ2n) is 5.69. The summed E-state index contributed by atoms with van der Waals surface area (Å²) in [5.41, 5.74) is 3.55. The molecule has 1 aromatic rings. The van der Waals surface area contributed by atoms with E-state index in [-0.39, 0.29) is 0 Å². The van der Waals surface area contributed by atoms with Crippen molar-refractivity contribution in [3.05, 3.63) is 22.9 Å². The first-order chi connectivity index (χ1) is 8.52. The van der Waals surface area contributed by atoms with Crippen molar-refractivity contribution in [1.82, 2.24) is 4.98 Å². The van der Waals surface area contributed by atoms with Crippen LogP contribution < -0.4 is 4.90 Å². The van der Waals surface area contributed by atoms with E-state index in [9.17, 15) is 0 Å². The summed E-state index contributed by atoms with van der Waals surface area (Å²) in [4.78, 5) is 7.19. The van der Waals surface area contributed by atoms with Crippen molar-refractivity contribution in [3.8, 4) is 0 Å². The van der Waals surface area contributed by atoms with Crippen LogP contribution in [0, 0.1) is 19.8 Å². The number of pyridine rings is 1. The highest BCUT2D eigenvalue weighted by molar-refractivity contribution is 6.17. The van der Waals surface area contributed by atoms with Crippen molar-refractivity contribution in [2.24, 2.45) is 5.92 Å². The minimum absolute atomic E-state index is 0.549. The standard InChI is InChI=1S/C15H23ClN2/c1-10-5-6-18(13(4)7-10)15-14(9-16)11(2)8-12(3)17-15/h8,10,13H,5-7,9H2,1-4H3. The Bertz CT molecular complexity index is 431. The lowest BCUT2D eigenvalue weighted by Crippen LogP contribution is -2.41. The van der Waals surface area contributed by atoms with Crippen molar-refractivity contribution in [3.63, 3.8) is 0 Å². The maximum Gasteiger partial charge on any atom is 0.133 e. The fourth-order valence-corrected chi connectivity index (χ4v) is 3.30. The topological polar surface area (TPSA) is 16.1 Å². The molecule has 2 atom stereocenters. The predicted octanol–water partition coefficient (Wildman–Crippen LogP) is 4.06. The van der Waals surface area contributed by atoms with E-state index in [0.717, 1.165) is 24.0 Å². The fraction of sp³-hybridized carbons (Fsp3) is 0.667. The minimum atomic E-state index is 0.549. The van der Waals surface area contributed by atoms with Crippen LogP contribution in [0.4, 0.5) is 5.82 Å². The van der Waals surface area contributed by atoms with E-state index in [4.69, 9.17) is 16.6 Å². The van der Waals surface area contributed by atoms with Gasteiger partial charge in [0.15, 0.2) is 0 Å². The molecule has 2 rings (SSSR count). The van der Waals surface area contributed by atoms with Gasteiger partial charge in [-0.15, -0.1) is 11.6 Å². The van der Waals surface area contributed by atoms with Gasteiger partial charge in [0.1, 0.15) is 5.82 Å². The zero-order valence-electron chi connectivity index (χ0n) is 11.8.